The van der Waals surface area contributed by atoms with Gasteiger partial charge in [-0.25, -0.2) is 0 Å². The lowest BCUT2D eigenvalue weighted by atomic mass is 9.62. The van der Waals surface area contributed by atoms with Crippen LogP contribution in [-0.2, 0) is 32.9 Å². The van der Waals surface area contributed by atoms with Crippen molar-refractivity contribution in [2.45, 2.75) is 102 Å². The normalized spacial score (nSPS) is 39.5. The van der Waals surface area contributed by atoms with Gasteiger partial charge in [-0.3, -0.25) is 4.79 Å². The van der Waals surface area contributed by atoms with E-state index >= 15 is 0 Å². The van der Waals surface area contributed by atoms with E-state index in [9.17, 15) is 15.0 Å². The Kier molecular flexibility index (Phi) is 12.8. The molecule has 0 aromatic carbocycles. The van der Waals surface area contributed by atoms with Crippen LogP contribution in [0.3, 0.4) is 0 Å². The van der Waals surface area contributed by atoms with Gasteiger partial charge in [0.15, 0.2) is 8.32 Å². The van der Waals surface area contributed by atoms with Crippen molar-refractivity contribution in [1.29, 1.82) is 0 Å². The number of cyclic esters (lactones) is 1. The lowest BCUT2D eigenvalue weighted by Crippen LogP contribution is -2.54. The summed E-state index contributed by atoms with van der Waals surface area (Å²) in [6.45, 7) is 13.1. The fourth-order valence-corrected chi connectivity index (χ4v) is 10.7. The SMILES string of the molecule is C/C=C\[C@@H]1[C@@H](COC)C(=O)O[C@H]([C@@H](COC)O[Si](CC)(CC)CC)[C@H](C)/C=C(\C)[C@]12O[C@@H]1C[C@H]2[C@H](O)[C@@H](COC)[C@H]1O. The minimum absolute atomic E-state index is 0.109. The Labute approximate surface area is 254 Å². The first kappa shape index (κ1) is 35.4. The van der Waals surface area contributed by atoms with E-state index < -0.39 is 68.2 Å². The Morgan fingerprint density at radius 2 is 1.71 bits per heavy atom. The van der Waals surface area contributed by atoms with Crippen molar-refractivity contribution >= 4 is 14.3 Å². The molecule has 2 N–H and O–H groups in total. The predicted molar refractivity (Wildman–Crippen MR) is 164 cm³/mol. The summed E-state index contributed by atoms with van der Waals surface area (Å²) < 4.78 is 36.9. The zero-order valence-corrected chi connectivity index (χ0v) is 28.2. The van der Waals surface area contributed by atoms with Crippen LogP contribution in [-0.4, -0.2) is 102 Å². The maximum atomic E-state index is 14.3. The van der Waals surface area contributed by atoms with Gasteiger partial charge in [-0.05, 0) is 44.0 Å². The first-order valence-electron chi connectivity index (χ1n) is 15.7. The number of hydrogen-bond donors (Lipinski definition) is 2. The Morgan fingerprint density at radius 1 is 1.07 bits per heavy atom. The molecule has 1 aliphatic carbocycles. The van der Waals surface area contributed by atoms with E-state index in [1.165, 1.54) is 0 Å². The van der Waals surface area contributed by atoms with Gasteiger partial charge in [-0.2, -0.15) is 0 Å². The zero-order valence-electron chi connectivity index (χ0n) is 27.2. The topological polar surface area (TPSA) is 113 Å². The molecule has 2 bridgehead atoms. The second-order valence-corrected chi connectivity index (χ2v) is 17.2. The summed E-state index contributed by atoms with van der Waals surface area (Å²) in [5, 5.41) is 23.0. The Bertz CT molecular complexity index is 929. The second-order valence-electron chi connectivity index (χ2n) is 12.5. The third-order valence-electron chi connectivity index (χ3n) is 10.3. The highest BCUT2D eigenvalue weighted by Gasteiger charge is 2.65. The van der Waals surface area contributed by atoms with E-state index in [0.29, 0.717) is 13.0 Å². The number of aliphatic hydroxyl groups excluding tert-OH is 2. The van der Waals surface area contributed by atoms with Crippen molar-refractivity contribution in [3.05, 3.63) is 23.8 Å². The van der Waals surface area contributed by atoms with Crippen molar-refractivity contribution in [3.8, 4) is 0 Å². The van der Waals surface area contributed by atoms with Crippen molar-refractivity contribution in [3.63, 3.8) is 0 Å². The third-order valence-corrected chi connectivity index (χ3v) is 15.0. The summed E-state index contributed by atoms with van der Waals surface area (Å²) in [7, 11) is 2.71. The van der Waals surface area contributed by atoms with Gasteiger partial charge in [0, 0.05) is 45.0 Å². The number of esters is 1. The molecule has 2 fully saturated rings. The molecule has 0 aromatic heterocycles. The number of methoxy groups -OCH3 is 3. The highest BCUT2D eigenvalue weighted by atomic mass is 28.4. The molecule has 1 saturated heterocycles. The van der Waals surface area contributed by atoms with Crippen LogP contribution >= 0.6 is 0 Å². The van der Waals surface area contributed by atoms with E-state index in [2.05, 4.69) is 26.8 Å². The van der Waals surface area contributed by atoms with E-state index in [4.69, 9.17) is 28.1 Å². The van der Waals surface area contributed by atoms with Crippen LogP contribution < -0.4 is 0 Å². The number of hydrogen-bond acceptors (Lipinski definition) is 9. The molecule has 1 saturated carbocycles. The molecule has 0 amide bonds. The van der Waals surface area contributed by atoms with Gasteiger partial charge in [-0.1, -0.05) is 45.9 Å². The molecular formula is C32H56O9Si. The first-order valence-corrected chi connectivity index (χ1v) is 18.3. The molecule has 2 aliphatic heterocycles. The zero-order chi connectivity index (χ0) is 31.2. The maximum absolute atomic E-state index is 14.3. The van der Waals surface area contributed by atoms with Gasteiger partial charge in [0.2, 0.25) is 0 Å². The molecule has 9 nitrogen and oxygen atoms in total. The van der Waals surface area contributed by atoms with Gasteiger partial charge < -0.3 is 38.3 Å². The fourth-order valence-electron chi connectivity index (χ4n) is 7.88. The van der Waals surface area contributed by atoms with Gasteiger partial charge in [-0.15, -0.1) is 0 Å². The number of carbonyl (C=O) groups is 1. The number of rotatable bonds is 13. The maximum Gasteiger partial charge on any atom is 0.312 e. The second kappa shape index (κ2) is 15.3. The molecule has 0 unspecified atom stereocenters. The lowest BCUT2D eigenvalue weighted by Gasteiger charge is -2.45. The van der Waals surface area contributed by atoms with Crippen LogP contribution in [0.1, 0.15) is 48.0 Å². The molecular weight excluding hydrogens is 556 g/mol. The minimum Gasteiger partial charge on any atom is -0.459 e. The molecule has 3 rings (SSSR count). The quantitative estimate of drug-likeness (QED) is 0.180. The number of carbonyl (C=O) groups excluding carboxylic acids is 1. The van der Waals surface area contributed by atoms with E-state index in [-0.39, 0.29) is 25.0 Å². The monoisotopic (exact) mass is 612 g/mol. The molecule has 2 heterocycles. The molecule has 242 valence electrons. The van der Waals surface area contributed by atoms with Gasteiger partial charge in [0.25, 0.3) is 0 Å². The van der Waals surface area contributed by atoms with Gasteiger partial charge in [0.1, 0.15) is 17.8 Å². The van der Waals surface area contributed by atoms with Crippen molar-refractivity contribution < 1.29 is 43.1 Å². The Hall–Kier alpha value is -1.11. The van der Waals surface area contributed by atoms with Crippen LogP contribution in [0, 0.1) is 29.6 Å². The average molecular weight is 613 g/mol. The van der Waals surface area contributed by atoms with E-state index in [1.807, 2.05) is 32.9 Å². The summed E-state index contributed by atoms with van der Waals surface area (Å²) in [6.07, 6.45) is 3.16. The largest absolute Gasteiger partial charge is 0.459 e. The highest BCUT2D eigenvalue weighted by molar-refractivity contribution is 6.73. The van der Waals surface area contributed by atoms with Crippen molar-refractivity contribution in [2.24, 2.45) is 29.6 Å². The van der Waals surface area contributed by atoms with Crippen LogP contribution in [0.4, 0.5) is 0 Å². The van der Waals surface area contributed by atoms with E-state index in [1.54, 1.807) is 21.3 Å². The van der Waals surface area contributed by atoms with E-state index in [0.717, 1.165) is 23.7 Å². The van der Waals surface area contributed by atoms with Crippen molar-refractivity contribution in [1.82, 2.24) is 0 Å². The van der Waals surface area contributed by atoms with Crippen LogP contribution in [0.25, 0.3) is 0 Å². The first-order chi connectivity index (χ1) is 20.0. The highest BCUT2D eigenvalue weighted by Crippen LogP contribution is 2.56. The molecule has 10 heteroatoms. The number of aliphatic hydroxyl groups is 2. The molecule has 3 aliphatic rings. The van der Waals surface area contributed by atoms with Gasteiger partial charge in [0.05, 0.1) is 44.1 Å². The predicted octanol–water partition coefficient (Wildman–Crippen LogP) is 4.13. The summed E-state index contributed by atoms with van der Waals surface area (Å²) in [5.41, 5.74) is -0.155. The van der Waals surface area contributed by atoms with Crippen LogP contribution in [0.15, 0.2) is 23.8 Å². The standard InChI is InChI=1S/C32H56O9Si/c1-10-14-24-22(17-36-7)31(35)39-30(27(19-38-9)41-42(11-2,12-3)13-4)20(5)15-21(6)32(24)25-16-26(40-32)29(34)23(18-37-8)28(25)33/h10,14-15,20,22-30,33-34H,11-13,16-19H2,1-9H3/b14-10-,21-15+/t20-,22-,23-,24-,25+,26-,27-,28-,29-,30+,32+/m1/s1. The summed E-state index contributed by atoms with van der Waals surface area (Å²) in [5.74, 6) is -2.73. The fraction of sp³-hybridized carbons (Fsp3) is 0.844. The number of allylic oxidation sites excluding steroid dienone is 1. The number of ether oxygens (including phenoxy) is 5. The average Bonchev–Trinajstić information content (AvgIpc) is 3.36. The molecule has 0 radical (unpaired) electrons. The Balaban J connectivity index is 2.20. The smallest absolute Gasteiger partial charge is 0.312 e. The minimum atomic E-state index is -2.08. The molecule has 0 aromatic rings. The lowest BCUT2D eigenvalue weighted by molar-refractivity contribution is -0.172. The molecule has 11 atom stereocenters. The summed E-state index contributed by atoms with van der Waals surface area (Å²) >= 11 is 0. The van der Waals surface area contributed by atoms with Gasteiger partial charge >= 0.3 is 5.97 Å². The molecule has 1 spiro atoms. The Morgan fingerprint density at radius 3 is 2.26 bits per heavy atom. The third kappa shape index (κ3) is 6.61. The summed E-state index contributed by atoms with van der Waals surface area (Å²) in [6, 6.07) is 2.88. The number of fused-ring (bicyclic) bond motifs is 3. The van der Waals surface area contributed by atoms with Crippen LogP contribution in [0.2, 0.25) is 18.1 Å². The van der Waals surface area contributed by atoms with Crippen molar-refractivity contribution in [2.75, 3.05) is 41.2 Å². The van der Waals surface area contributed by atoms with Crippen LogP contribution in [0.5, 0.6) is 0 Å². The summed E-state index contributed by atoms with van der Waals surface area (Å²) in [4.78, 5) is 14.3. The molecule has 42 heavy (non-hydrogen) atoms.